The molecule has 0 unspecified atom stereocenters. The molecule has 0 bridgehead atoms. The van der Waals surface area contributed by atoms with Gasteiger partial charge in [-0.1, -0.05) is 18.2 Å². The molecule has 0 saturated carbocycles. The van der Waals surface area contributed by atoms with Crippen LogP contribution in [0, 0.1) is 0 Å². The molecule has 4 rings (SSSR count). The summed E-state index contributed by atoms with van der Waals surface area (Å²) in [5.74, 6) is -0.0183. The lowest BCUT2D eigenvalue weighted by Gasteiger charge is -2.04. The molecule has 0 aliphatic heterocycles. The molecule has 0 fully saturated rings. The highest BCUT2D eigenvalue weighted by Gasteiger charge is 2.11. The molecule has 4 aromatic rings. The smallest absolute Gasteiger partial charge is 0.252 e. The zero-order valence-corrected chi connectivity index (χ0v) is 13.2. The molecular weight excluding hydrogens is 306 g/mol. The quantitative estimate of drug-likeness (QED) is 0.601. The molecule has 3 heterocycles. The summed E-state index contributed by atoms with van der Waals surface area (Å²) in [6, 6.07) is 11.9. The number of hydrogen-bond acceptors (Lipinski definition) is 3. The van der Waals surface area contributed by atoms with Gasteiger partial charge >= 0.3 is 0 Å². The van der Waals surface area contributed by atoms with Gasteiger partial charge in [0.05, 0.1) is 16.6 Å². The van der Waals surface area contributed by atoms with Crippen LogP contribution in [0.3, 0.4) is 0 Å². The predicted molar refractivity (Wildman–Crippen MR) is 94.0 cm³/mol. The summed E-state index contributed by atoms with van der Waals surface area (Å²) in [5, 5.41) is 5.95. The van der Waals surface area contributed by atoms with Crippen molar-refractivity contribution < 1.29 is 4.79 Å². The van der Waals surface area contributed by atoms with Gasteiger partial charge in [-0.15, -0.1) is 11.3 Å². The van der Waals surface area contributed by atoms with E-state index in [2.05, 4.69) is 15.3 Å². The number of H-pyrrole nitrogens is 1. The van der Waals surface area contributed by atoms with E-state index < -0.39 is 0 Å². The summed E-state index contributed by atoms with van der Waals surface area (Å²) in [6.07, 6.45) is 4.50. The van der Waals surface area contributed by atoms with Crippen LogP contribution in [0.2, 0.25) is 0 Å². The van der Waals surface area contributed by atoms with Gasteiger partial charge in [0.15, 0.2) is 0 Å². The van der Waals surface area contributed by atoms with Crippen LogP contribution in [0.4, 0.5) is 0 Å². The predicted octanol–water partition coefficient (Wildman–Crippen LogP) is 3.75. The Morgan fingerprint density at radius 1 is 1.22 bits per heavy atom. The molecule has 0 atom stereocenters. The van der Waals surface area contributed by atoms with Crippen molar-refractivity contribution in [1.29, 1.82) is 0 Å². The molecule has 23 heavy (non-hydrogen) atoms. The van der Waals surface area contributed by atoms with Crippen LogP contribution in [-0.2, 0) is 6.42 Å². The number of carbonyl (C=O) groups excluding carboxylic acids is 1. The highest BCUT2D eigenvalue weighted by molar-refractivity contribution is 7.17. The molecule has 0 spiro atoms. The van der Waals surface area contributed by atoms with Gasteiger partial charge in [-0.05, 0) is 30.2 Å². The van der Waals surface area contributed by atoms with E-state index in [1.54, 1.807) is 17.5 Å². The first-order valence-corrected chi connectivity index (χ1v) is 8.36. The van der Waals surface area contributed by atoms with Gasteiger partial charge in [-0.3, -0.25) is 9.78 Å². The largest absolute Gasteiger partial charge is 0.360 e. The molecule has 3 aromatic heterocycles. The fourth-order valence-electron chi connectivity index (χ4n) is 2.76. The first-order valence-electron chi connectivity index (χ1n) is 7.48. The second-order valence-electron chi connectivity index (χ2n) is 5.36. The van der Waals surface area contributed by atoms with E-state index in [4.69, 9.17) is 0 Å². The lowest BCUT2D eigenvalue weighted by atomic mass is 10.1. The van der Waals surface area contributed by atoms with Crippen molar-refractivity contribution >= 4 is 38.4 Å². The van der Waals surface area contributed by atoms with E-state index in [1.807, 2.05) is 48.0 Å². The summed E-state index contributed by atoms with van der Waals surface area (Å²) in [5.41, 5.74) is 3.87. The molecule has 0 aliphatic carbocycles. The number of fused-ring (bicyclic) bond motifs is 2. The first-order chi connectivity index (χ1) is 11.3. The van der Waals surface area contributed by atoms with Crippen LogP contribution in [-0.4, -0.2) is 22.4 Å². The van der Waals surface area contributed by atoms with Gasteiger partial charge < -0.3 is 10.3 Å². The normalized spacial score (nSPS) is 11.1. The number of carbonyl (C=O) groups is 1. The number of pyridine rings is 1. The summed E-state index contributed by atoms with van der Waals surface area (Å²) >= 11 is 1.60. The van der Waals surface area contributed by atoms with Crippen molar-refractivity contribution in [2.45, 2.75) is 6.42 Å². The third-order valence-electron chi connectivity index (χ3n) is 3.92. The van der Waals surface area contributed by atoms with E-state index in [0.29, 0.717) is 6.54 Å². The number of nitrogens with one attached hydrogen (secondary N) is 2. The van der Waals surface area contributed by atoms with Gasteiger partial charge in [0, 0.05) is 34.4 Å². The Kier molecular flexibility index (Phi) is 3.55. The minimum absolute atomic E-state index is 0.0183. The van der Waals surface area contributed by atoms with Crippen molar-refractivity contribution in [3.8, 4) is 0 Å². The van der Waals surface area contributed by atoms with E-state index in [1.165, 1.54) is 0 Å². The summed E-state index contributed by atoms with van der Waals surface area (Å²) in [7, 11) is 0. The highest BCUT2D eigenvalue weighted by Crippen LogP contribution is 2.25. The number of hydrogen-bond donors (Lipinski definition) is 2. The van der Waals surface area contributed by atoms with Crippen LogP contribution in [0.25, 0.3) is 21.1 Å². The van der Waals surface area contributed by atoms with Crippen molar-refractivity contribution in [3.63, 3.8) is 0 Å². The minimum Gasteiger partial charge on any atom is -0.360 e. The SMILES string of the molecule is O=C(NCCc1c[nH]c2cccnc12)c1csc2ccccc12. The van der Waals surface area contributed by atoms with E-state index in [0.717, 1.165) is 38.7 Å². The van der Waals surface area contributed by atoms with E-state index in [9.17, 15) is 4.79 Å². The molecule has 0 radical (unpaired) electrons. The van der Waals surface area contributed by atoms with E-state index >= 15 is 0 Å². The average Bonchev–Trinajstić information content (AvgIpc) is 3.19. The minimum atomic E-state index is -0.0183. The number of benzene rings is 1. The van der Waals surface area contributed by atoms with Crippen LogP contribution < -0.4 is 5.32 Å². The standard InChI is InChI=1S/C18H15N3OS/c22-18(14-11-23-16-6-2-1-4-13(14)16)20-9-7-12-10-21-15-5-3-8-19-17(12)15/h1-6,8,10-11,21H,7,9H2,(H,20,22). The molecule has 1 amide bonds. The Labute approximate surface area is 137 Å². The molecule has 114 valence electrons. The molecule has 0 saturated heterocycles. The fourth-order valence-corrected chi connectivity index (χ4v) is 3.70. The van der Waals surface area contributed by atoms with Crippen molar-refractivity contribution in [1.82, 2.24) is 15.3 Å². The van der Waals surface area contributed by atoms with Crippen molar-refractivity contribution in [2.75, 3.05) is 6.54 Å². The zero-order chi connectivity index (χ0) is 15.6. The van der Waals surface area contributed by atoms with Crippen LogP contribution in [0.5, 0.6) is 0 Å². The maximum atomic E-state index is 12.4. The first kappa shape index (κ1) is 14.0. The second kappa shape index (κ2) is 5.85. The van der Waals surface area contributed by atoms with Crippen LogP contribution >= 0.6 is 11.3 Å². The zero-order valence-electron chi connectivity index (χ0n) is 12.4. The Morgan fingerprint density at radius 3 is 3.09 bits per heavy atom. The number of nitrogens with zero attached hydrogens (tertiary/aromatic N) is 1. The van der Waals surface area contributed by atoms with Gasteiger partial charge in [0.2, 0.25) is 0 Å². The molecule has 0 aliphatic rings. The summed E-state index contributed by atoms with van der Waals surface area (Å²) in [4.78, 5) is 20.0. The Morgan fingerprint density at radius 2 is 2.13 bits per heavy atom. The topological polar surface area (TPSA) is 57.8 Å². The van der Waals surface area contributed by atoms with Crippen molar-refractivity contribution in [2.24, 2.45) is 0 Å². The van der Waals surface area contributed by atoms with Crippen LogP contribution in [0.1, 0.15) is 15.9 Å². The Hall–Kier alpha value is -2.66. The fraction of sp³-hybridized carbons (Fsp3) is 0.111. The van der Waals surface area contributed by atoms with Gasteiger partial charge in [0.1, 0.15) is 0 Å². The van der Waals surface area contributed by atoms with Crippen molar-refractivity contribution in [3.05, 3.63) is 65.3 Å². The highest BCUT2D eigenvalue weighted by atomic mass is 32.1. The number of aromatic amines is 1. The molecule has 2 N–H and O–H groups in total. The maximum Gasteiger partial charge on any atom is 0.252 e. The number of rotatable bonds is 4. The lowest BCUT2D eigenvalue weighted by molar-refractivity contribution is 0.0956. The second-order valence-corrected chi connectivity index (χ2v) is 6.28. The summed E-state index contributed by atoms with van der Waals surface area (Å²) in [6.45, 7) is 0.590. The number of aromatic nitrogens is 2. The third-order valence-corrected chi connectivity index (χ3v) is 4.88. The maximum absolute atomic E-state index is 12.4. The van der Waals surface area contributed by atoms with E-state index in [-0.39, 0.29) is 5.91 Å². The lowest BCUT2D eigenvalue weighted by Crippen LogP contribution is -2.25. The van der Waals surface area contributed by atoms with Gasteiger partial charge in [-0.2, -0.15) is 0 Å². The Balaban J connectivity index is 1.46. The average molecular weight is 321 g/mol. The monoisotopic (exact) mass is 321 g/mol. The van der Waals surface area contributed by atoms with Crippen LogP contribution in [0.15, 0.2) is 54.2 Å². The number of thiophene rings is 1. The van der Waals surface area contributed by atoms with Gasteiger partial charge in [-0.25, -0.2) is 0 Å². The number of amides is 1. The van der Waals surface area contributed by atoms with Gasteiger partial charge in [0.25, 0.3) is 5.91 Å². The third kappa shape index (κ3) is 2.59. The Bertz CT molecular complexity index is 986. The molecular formula is C18H15N3OS. The molecule has 5 heteroatoms. The molecule has 1 aromatic carbocycles. The molecule has 4 nitrogen and oxygen atoms in total. The summed E-state index contributed by atoms with van der Waals surface area (Å²) < 4.78 is 1.14.